The number of nitrogens with zero attached hydrogens (tertiary/aromatic N) is 3. The number of Topliss-reactive ketones (excluding diaryl/α,β-unsaturated/α-hetero) is 1. The topological polar surface area (TPSA) is 76.9 Å². The second-order valence-electron chi connectivity index (χ2n) is 5.75. The number of hydrogen-bond acceptors (Lipinski definition) is 5. The minimum atomic E-state index is 0.0279. The van der Waals surface area contributed by atoms with E-state index >= 15 is 0 Å². The predicted molar refractivity (Wildman–Crippen MR) is 88.9 cm³/mol. The summed E-state index contributed by atoms with van der Waals surface area (Å²) in [5.74, 6) is 0.393. The highest BCUT2D eigenvalue weighted by Gasteiger charge is 2.17. The lowest BCUT2D eigenvalue weighted by Crippen LogP contribution is -2.19. The van der Waals surface area contributed by atoms with E-state index in [0.29, 0.717) is 24.2 Å². The molecule has 0 radical (unpaired) electrons. The van der Waals surface area contributed by atoms with Crippen LogP contribution < -0.4 is 5.32 Å². The van der Waals surface area contributed by atoms with Gasteiger partial charge in [0.05, 0.1) is 5.75 Å². The third kappa shape index (κ3) is 3.44. The molecule has 0 saturated carbocycles. The highest BCUT2D eigenvalue weighted by atomic mass is 32.2. The van der Waals surface area contributed by atoms with Gasteiger partial charge < -0.3 is 9.88 Å². The standard InChI is InChI=1S/C16H18N4O2S/c1-10(2)20-9-17-19-16(20)23-8-14(21)12-3-5-13-11(7-12)4-6-15(22)18-13/h3,5,7,9-10H,4,6,8H2,1-2H3,(H,18,22). The molecule has 2 heterocycles. The lowest BCUT2D eigenvalue weighted by Gasteiger charge is -2.17. The first-order valence-electron chi connectivity index (χ1n) is 7.53. The molecule has 1 aromatic carbocycles. The molecule has 0 spiro atoms. The Kier molecular flexibility index (Phi) is 4.47. The summed E-state index contributed by atoms with van der Waals surface area (Å²) in [4.78, 5) is 23.8. The number of carbonyl (C=O) groups excluding carboxylic acids is 2. The zero-order chi connectivity index (χ0) is 16.4. The van der Waals surface area contributed by atoms with Crippen LogP contribution in [0.5, 0.6) is 0 Å². The fourth-order valence-electron chi connectivity index (χ4n) is 2.46. The lowest BCUT2D eigenvalue weighted by atomic mass is 9.99. The van der Waals surface area contributed by atoms with Crippen LogP contribution in [0.4, 0.5) is 5.69 Å². The van der Waals surface area contributed by atoms with Crippen molar-refractivity contribution in [1.29, 1.82) is 0 Å². The number of anilines is 1. The van der Waals surface area contributed by atoms with E-state index in [-0.39, 0.29) is 17.7 Å². The summed E-state index contributed by atoms with van der Waals surface area (Å²) in [6, 6.07) is 5.71. The maximum absolute atomic E-state index is 12.4. The van der Waals surface area contributed by atoms with Crippen molar-refractivity contribution < 1.29 is 9.59 Å². The highest BCUT2D eigenvalue weighted by molar-refractivity contribution is 7.99. The maximum atomic E-state index is 12.4. The summed E-state index contributed by atoms with van der Waals surface area (Å²) < 4.78 is 1.94. The van der Waals surface area contributed by atoms with Crippen molar-refractivity contribution in [3.05, 3.63) is 35.7 Å². The molecule has 1 aliphatic rings. The molecule has 1 amide bonds. The Morgan fingerprint density at radius 3 is 3.00 bits per heavy atom. The minimum absolute atomic E-state index is 0.0279. The fourth-order valence-corrected chi connectivity index (χ4v) is 3.40. The minimum Gasteiger partial charge on any atom is -0.326 e. The Bertz CT molecular complexity index is 754. The first-order chi connectivity index (χ1) is 11.0. The van der Waals surface area contributed by atoms with Crippen molar-refractivity contribution >= 4 is 29.1 Å². The number of ketones is 1. The largest absolute Gasteiger partial charge is 0.326 e. The number of aryl methyl sites for hydroxylation is 1. The molecule has 2 aromatic rings. The third-order valence-electron chi connectivity index (χ3n) is 3.75. The zero-order valence-corrected chi connectivity index (χ0v) is 13.9. The van der Waals surface area contributed by atoms with Crippen molar-refractivity contribution in [1.82, 2.24) is 14.8 Å². The Labute approximate surface area is 138 Å². The molecule has 6 nitrogen and oxygen atoms in total. The summed E-state index contributed by atoms with van der Waals surface area (Å²) in [7, 11) is 0. The Morgan fingerprint density at radius 2 is 2.22 bits per heavy atom. The third-order valence-corrected chi connectivity index (χ3v) is 4.71. The number of rotatable bonds is 5. The molecular formula is C16H18N4O2S. The number of amides is 1. The monoisotopic (exact) mass is 330 g/mol. The van der Waals surface area contributed by atoms with E-state index in [1.807, 2.05) is 24.5 Å². The van der Waals surface area contributed by atoms with Gasteiger partial charge in [-0.1, -0.05) is 11.8 Å². The van der Waals surface area contributed by atoms with Gasteiger partial charge in [0.1, 0.15) is 6.33 Å². The van der Waals surface area contributed by atoms with Gasteiger partial charge in [-0.05, 0) is 44.0 Å². The van der Waals surface area contributed by atoms with Crippen LogP contribution in [0.25, 0.3) is 0 Å². The Balaban J connectivity index is 1.69. The summed E-state index contributed by atoms with van der Waals surface area (Å²) in [5.41, 5.74) is 2.50. The van der Waals surface area contributed by atoms with Gasteiger partial charge in [0.15, 0.2) is 10.9 Å². The molecule has 1 aromatic heterocycles. The fraction of sp³-hybridized carbons (Fsp3) is 0.375. The van der Waals surface area contributed by atoms with Gasteiger partial charge in [0, 0.05) is 23.7 Å². The summed E-state index contributed by atoms with van der Waals surface area (Å²) >= 11 is 1.39. The van der Waals surface area contributed by atoms with E-state index in [9.17, 15) is 9.59 Å². The SMILES string of the molecule is CC(C)n1cnnc1SCC(=O)c1ccc2c(c1)CCC(=O)N2. The van der Waals surface area contributed by atoms with Crippen LogP contribution in [0.2, 0.25) is 0 Å². The lowest BCUT2D eigenvalue weighted by molar-refractivity contribution is -0.116. The number of carbonyl (C=O) groups is 2. The molecule has 0 bridgehead atoms. The van der Waals surface area contributed by atoms with Gasteiger partial charge >= 0.3 is 0 Å². The molecule has 1 aliphatic heterocycles. The van der Waals surface area contributed by atoms with Crippen LogP contribution in [0.15, 0.2) is 29.7 Å². The molecule has 0 saturated heterocycles. The maximum Gasteiger partial charge on any atom is 0.224 e. The van der Waals surface area contributed by atoms with Crippen LogP contribution in [0, 0.1) is 0 Å². The Morgan fingerprint density at radius 1 is 1.39 bits per heavy atom. The smallest absolute Gasteiger partial charge is 0.224 e. The number of aromatic nitrogens is 3. The Hall–Kier alpha value is -2.15. The summed E-state index contributed by atoms with van der Waals surface area (Å²) in [6.45, 7) is 4.10. The second-order valence-corrected chi connectivity index (χ2v) is 6.69. The van der Waals surface area contributed by atoms with Gasteiger partial charge in [-0.2, -0.15) is 0 Å². The zero-order valence-electron chi connectivity index (χ0n) is 13.1. The first-order valence-corrected chi connectivity index (χ1v) is 8.51. The highest BCUT2D eigenvalue weighted by Crippen LogP contribution is 2.25. The van der Waals surface area contributed by atoms with Gasteiger partial charge in [0.25, 0.3) is 0 Å². The first kappa shape index (κ1) is 15.7. The number of fused-ring (bicyclic) bond motifs is 1. The van der Waals surface area contributed by atoms with Crippen molar-refractivity contribution in [2.45, 2.75) is 37.9 Å². The van der Waals surface area contributed by atoms with Crippen molar-refractivity contribution in [2.75, 3.05) is 11.1 Å². The number of thioether (sulfide) groups is 1. The van der Waals surface area contributed by atoms with E-state index < -0.39 is 0 Å². The van der Waals surface area contributed by atoms with Crippen LogP contribution in [-0.4, -0.2) is 32.2 Å². The van der Waals surface area contributed by atoms with Gasteiger partial charge in [-0.3, -0.25) is 9.59 Å². The number of benzene rings is 1. The summed E-state index contributed by atoms with van der Waals surface area (Å²) in [6.07, 6.45) is 2.83. The molecule has 0 atom stereocenters. The molecule has 0 fully saturated rings. The van der Waals surface area contributed by atoms with Gasteiger partial charge in [0.2, 0.25) is 5.91 Å². The summed E-state index contributed by atoms with van der Waals surface area (Å²) in [5, 5.41) is 11.5. The molecule has 0 aliphatic carbocycles. The van der Waals surface area contributed by atoms with Crippen LogP contribution in [-0.2, 0) is 11.2 Å². The van der Waals surface area contributed by atoms with Gasteiger partial charge in [-0.15, -0.1) is 10.2 Å². The number of nitrogens with one attached hydrogen (secondary N) is 1. The van der Waals surface area contributed by atoms with E-state index in [2.05, 4.69) is 15.5 Å². The molecular weight excluding hydrogens is 312 g/mol. The molecule has 1 N–H and O–H groups in total. The number of hydrogen-bond donors (Lipinski definition) is 1. The quantitative estimate of drug-likeness (QED) is 0.674. The predicted octanol–water partition coefficient (Wildman–Crippen LogP) is 2.72. The van der Waals surface area contributed by atoms with Gasteiger partial charge in [-0.25, -0.2) is 0 Å². The van der Waals surface area contributed by atoms with E-state index in [4.69, 9.17) is 0 Å². The van der Waals surface area contributed by atoms with Crippen molar-refractivity contribution in [3.8, 4) is 0 Å². The van der Waals surface area contributed by atoms with E-state index in [1.54, 1.807) is 18.5 Å². The van der Waals surface area contributed by atoms with Crippen LogP contribution in [0.3, 0.4) is 0 Å². The second kappa shape index (κ2) is 6.54. The molecule has 7 heteroatoms. The van der Waals surface area contributed by atoms with Crippen molar-refractivity contribution in [2.24, 2.45) is 0 Å². The molecule has 3 rings (SSSR count). The van der Waals surface area contributed by atoms with Crippen molar-refractivity contribution in [3.63, 3.8) is 0 Å². The van der Waals surface area contributed by atoms with Crippen LogP contribution in [0.1, 0.15) is 42.2 Å². The van der Waals surface area contributed by atoms with Crippen LogP contribution >= 0.6 is 11.8 Å². The molecule has 0 unspecified atom stereocenters. The average Bonchev–Trinajstić information content (AvgIpc) is 3.00. The molecule has 120 valence electrons. The van der Waals surface area contributed by atoms with E-state index in [1.165, 1.54) is 11.8 Å². The average molecular weight is 330 g/mol. The molecule has 23 heavy (non-hydrogen) atoms. The normalized spacial score (nSPS) is 13.8. The van der Waals surface area contributed by atoms with E-state index in [0.717, 1.165) is 16.4 Å².